The molecule has 0 aliphatic rings. The summed E-state index contributed by atoms with van der Waals surface area (Å²) >= 11 is 2.71. The molecule has 1 amide bonds. The van der Waals surface area contributed by atoms with E-state index in [9.17, 15) is 17.6 Å². The summed E-state index contributed by atoms with van der Waals surface area (Å²) in [5, 5.41) is 11.0. The van der Waals surface area contributed by atoms with Crippen LogP contribution in [0.4, 0.5) is 15.2 Å². The number of hydrogen-bond acceptors (Lipinski definition) is 7. The van der Waals surface area contributed by atoms with Gasteiger partial charge in [-0.15, -0.1) is 10.2 Å². The molecule has 11 heteroatoms. The van der Waals surface area contributed by atoms with Crippen molar-refractivity contribution in [1.82, 2.24) is 10.2 Å². The van der Waals surface area contributed by atoms with Crippen LogP contribution in [0.1, 0.15) is 20.8 Å². The van der Waals surface area contributed by atoms with Gasteiger partial charge >= 0.3 is 0 Å². The number of carbonyl (C=O) groups excluding carboxylic acids is 1. The molecule has 7 nitrogen and oxygen atoms in total. The number of sulfonamides is 1. The third kappa shape index (κ3) is 5.39. The molecular weight excluding hydrogens is 399 g/mol. The van der Waals surface area contributed by atoms with Crippen LogP contribution in [0, 0.1) is 5.82 Å². The molecule has 1 atom stereocenters. The van der Waals surface area contributed by atoms with Gasteiger partial charge in [0.05, 0.1) is 11.9 Å². The molecule has 1 N–H and O–H groups in total. The van der Waals surface area contributed by atoms with E-state index in [0.29, 0.717) is 9.59 Å². The van der Waals surface area contributed by atoms with Crippen molar-refractivity contribution in [3.05, 3.63) is 30.1 Å². The van der Waals surface area contributed by atoms with E-state index in [2.05, 4.69) is 15.5 Å². The van der Waals surface area contributed by atoms with E-state index in [0.717, 1.165) is 16.6 Å². The number of anilines is 2. The lowest BCUT2D eigenvalue weighted by Gasteiger charge is -2.27. The minimum atomic E-state index is -3.81. The topological polar surface area (TPSA) is 92.3 Å². The highest BCUT2D eigenvalue weighted by Gasteiger charge is 2.30. The smallest absolute Gasteiger partial charge is 0.249 e. The Bertz CT molecular complexity index is 886. The summed E-state index contributed by atoms with van der Waals surface area (Å²) in [6.07, 6.45) is 0.962. The van der Waals surface area contributed by atoms with E-state index in [4.69, 9.17) is 0 Å². The minimum Gasteiger partial charge on any atom is -0.299 e. The minimum absolute atomic E-state index is 0.0727. The summed E-state index contributed by atoms with van der Waals surface area (Å²) < 4.78 is 39.4. The van der Waals surface area contributed by atoms with Crippen molar-refractivity contribution in [1.29, 1.82) is 0 Å². The Balaban J connectivity index is 2.21. The van der Waals surface area contributed by atoms with Gasteiger partial charge in [0.2, 0.25) is 21.1 Å². The number of aromatic nitrogens is 2. The van der Waals surface area contributed by atoms with Crippen LogP contribution in [-0.2, 0) is 14.8 Å². The van der Waals surface area contributed by atoms with Gasteiger partial charge in [0, 0.05) is 5.25 Å². The summed E-state index contributed by atoms with van der Waals surface area (Å²) in [5.74, 6) is -1.18. The van der Waals surface area contributed by atoms with E-state index in [1.54, 1.807) is 0 Å². The lowest BCUT2D eigenvalue weighted by molar-refractivity contribution is -0.116. The predicted octanol–water partition coefficient (Wildman–Crippen LogP) is 2.97. The summed E-state index contributed by atoms with van der Waals surface area (Å²) in [7, 11) is -3.81. The van der Waals surface area contributed by atoms with Crippen LogP contribution < -0.4 is 9.62 Å². The Hall–Kier alpha value is -1.72. The van der Waals surface area contributed by atoms with Gasteiger partial charge in [-0.1, -0.05) is 43.0 Å². The quantitative estimate of drug-likeness (QED) is 0.549. The summed E-state index contributed by atoms with van der Waals surface area (Å²) in [5.41, 5.74) is 0.0727. The van der Waals surface area contributed by atoms with Crippen molar-refractivity contribution in [2.75, 3.05) is 15.9 Å². The van der Waals surface area contributed by atoms with Crippen molar-refractivity contribution in [2.45, 2.75) is 36.4 Å². The fourth-order valence-corrected chi connectivity index (χ4v) is 5.29. The maximum atomic E-state index is 13.5. The highest BCUT2D eigenvalue weighted by Crippen LogP contribution is 2.29. The van der Waals surface area contributed by atoms with Gasteiger partial charge in [-0.3, -0.25) is 14.4 Å². The van der Waals surface area contributed by atoms with Crippen molar-refractivity contribution in [3.8, 4) is 0 Å². The monoisotopic (exact) mass is 418 g/mol. The standard InChI is InChI=1S/C15H19FN4O3S3/c1-9(2)24-15-19-18-14(25-15)17-13(21)10(3)20(26(4,22)23)12-7-5-6-11(16)8-12/h5-10H,1-4H3,(H,17,18,21)/t10-/m0/s1. The summed E-state index contributed by atoms with van der Waals surface area (Å²) in [4.78, 5) is 12.5. The third-order valence-corrected chi connectivity index (χ3v) is 6.29. The van der Waals surface area contributed by atoms with Gasteiger partial charge < -0.3 is 0 Å². The van der Waals surface area contributed by atoms with Crippen LogP contribution >= 0.6 is 23.1 Å². The highest BCUT2D eigenvalue weighted by atomic mass is 32.2. The fourth-order valence-electron chi connectivity index (χ4n) is 2.14. The number of halogens is 1. The second-order valence-corrected chi connectivity index (χ2v) is 10.4. The first-order valence-corrected chi connectivity index (χ1v) is 11.2. The predicted molar refractivity (Wildman–Crippen MR) is 103 cm³/mol. The molecule has 1 aromatic heterocycles. The Morgan fingerprint density at radius 2 is 2.00 bits per heavy atom. The number of hydrogen-bond donors (Lipinski definition) is 1. The van der Waals surface area contributed by atoms with Crippen molar-refractivity contribution >= 4 is 49.8 Å². The zero-order valence-corrected chi connectivity index (χ0v) is 17.1. The van der Waals surface area contributed by atoms with E-state index >= 15 is 0 Å². The number of nitrogens with zero attached hydrogens (tertiary/aromatic N) is 3. The lowest BCUT2D eigenvalue weighted by atomic mass is 10.2. The number of rotatable bonds is 7. The van der Waals surface area contributed by atoms with Crippen molar-refractivity contribution < 1.29 is 17.6 Å². The van der Waals surface area contributed by atoms with Gasteiger partial charge in [0.25, 0.3) is 0 Å². The summed E-state index contributed by atoms with van der Waals surface area (Å²) in [6, 6.07) is 3.97. The Morgan fingerprint density at radius 3 is 2.58 bits per heavy atom. The Kier molecular flexibility index (Phi) is 6.58. The van der Waals surface area contributed by atoms with Crippen LogP contribution in [0.3, 0.4) is 0 Å². The molecule has 0 aliphatic heterocycles. The molecule has 0 bridgehead atoms. The second-order valence-electron chi connectivity index (χ2n) is 5.74. The van der Waals surface area contributed by atoms with Gasteiger partial charge in [-0.25, -0.2) is 12.8 Å². The third-order valence-electron chi connectivity index (χ3n) is 3.12. The van der Waals surface area contributed by atoms with Gasteiger partial charge in [0.1, 0.15) is 11.9 Å². The number of carbonyl (C=O) groups is 1. The molecule has 2 rings (SSSR count). The highest BCUT2D eigenvalue weighted by molar-refractivity contribution is 8.01. The molecule has 1 heterocycles. The van der Waals surface area contributed by atoms with Gasteiger partial charge in [0.15, 0.2) is 4.34 Å². The molecule has 2 aromatic rings. The molecular formula is C15H19FN4O3S3. The van der Waals surface area contributed by atoms with Crippen LogP contribution in [-0.4, -0.2) is 42.1 Å². The number of thioether (sulfide) groups is 1. The zero-order valence-electron chi connectivity index (χ0n) is 14.6. The molecule has 142 valence electrons. The SMILES string of the molecule is CC(C)Sc1nnc(NC(=O)[C@H](C)N(c2cccc(F)c2)S(C)(=O)=O)s1. The largest absolute Gasteiger partial charge is 0.299 e. The van der Waals surface area contributed by atoms with E-state index in [1.807, 2.05) is 13.8 Å². The second kappa shape index (κ2) is 8.31. The first-order chi connectivity index (χ1) is 12.1. The normalized spacial score (nSPS) is 12.8. The number of amides is 1. The average molecular weight is 419 g/mol. The first kappa shape index (κ1) is 20.6. The molecule has 0 aliphatic carbocycles. The van der Waals surface area contributed by atoms with Crippen LogP contribution in [0.2, 0.25) is 0 Å². The van der Waals surface area contributed by atoms with Crippen molar-refractivity contribution in [3.63, 3.8) is 0 Å². The molecule has 0 fully saturated rings. The molecule has 26 heavy (non-hydrogen) atoms. The average Bonchev–Trinajstić information content (AvgIpc) is 2.92. The lowest BCUT2D eigenvalue weighted by Crippen LogP contribution is -2.45. The Morgan fingerprint density at radius 1 is 1.31 bits per heavy atom. The molecule has 0 unspecified atom stereocenters. The molecule has 1 aromatic carbocycles. The van der Waals surface area contributed by atoms with E-state index < -0.39 is 27.8 Å². The van der Waals surface area contributed by atoms with E-state index in [-0.39, 0.29) is 10.8 Å². The number of nitrogens with one attached hydrogen (secondary N) is 1. The van der Waals surface area contributed by atoms with Crippen LogP contribution in [0.5, 0.6) is 0 Å². The Labute approximate surface area is 160 Å². The first-order valence-electron chi connectivity index (χ1n) is 7.64. The van der Waals surface area contributed by atoms with E-state index in [1.165, 1.54) is 48.2 Å². The molecule has 0 radical (unpaired) electrons. The zero-order chi connectivity index (χ0) is 19.5. The van der Waals surface area contributed by atoms with Crippen molar-refractivity contribution in [2.24, 2.45) is 0 Å². The van der Waals surface area contributed by atoms with Gasteiger partial charge in [-0.2, -0.15) is 0 Å². The number of benzene rings is 1. The maximum Gasteiger partial charge on any atom is 0.249 e. The molecule has 0 spiro atoms. The molecule has 0 saturated heterocycles. The fraction of sp³-hybridized carbons (Fsp3) is 0.400. The van der Waals surface area contributed by atoms with Crippen LogP contribution in [0.25, 0.3) is 0 Å². The summed E-state index contributed by atoms with van der Waals surface area (Å²) in [6.45, 7) is 5.44. The van der Waals surface area contributed by atoms with Crippen LogP contribution in [0.15, 0.2) is 28.6 Å². The molecule has 0 saturated carbocycles. The van der Waals surface area contributed by atoms with Gasteiger partial charge in [-0.05, 0) is 25.1 Å². The maximum absolute atomic E-state index is 13.5.